The predicted octanol–water partition coefficient (Wildman–Crippen LogP) is 1.62. The fraction of sp³-hybridized carbons (Fsp3) is 0.400. The van der Waals surface area contributed by atoms with Crippen LogP contribution in [0.5, 0.6) is 11.5 Å². The van der Waals surface area contributed by atoms with Crippen LogP contribution in [0.2, 0.25) is 0 Å². The number of phenolic OH excluding ortho intramolecular Hbond substituents is 2. The van der Waals surface area contributed by atoms with E-state index in [1.165, 1.54) is 6.07 Å². The Morgan fingerprint density at radius 2 is 1.79 bits per heavy atom. The van der Waals surface area contributed by atoms with E-state index in [1.807, 2.05) is 20.2 Å². The molecule has 2 N–H and O–H groups in total. The quantitative estimate of drug-likeness (QED) is 0.757. The second kappa shape index (κ2) is 5.73. The molecule has 0 spiro atoms. The van der Waals surface area contributed by atoms with Crippen molar-refractivity contribution in [2.45, 2.75) is 6.42 Å². The van der Waals surface area contributed by atoms with E-state index in [0.717, 1.165) is 18.5 Å². The van der Waals surface area contributed by atoms with Gasteiger partial charge in [0.15, 0.2) is 11.5 Å². The minimum Gasteiger partial charge on any atom is -0.504 e. The monoisotopic (exact) mass is 217 g/mol. The van der Waals surface area contributed by atoms with Crippen LogP contribution in [-0.2, 0) is 6.42 Å². The molecule has 1 aromatic rings. The van der Waals surface area contributed by atoms with Crippen LogP contribution < -0.4 is 0 Å². The van der Waals surface area contributed by atoms with Crippen LogP contribution in [0.3, 0.4) is 0 Å². The highest BCUT2D eigenvalue weighted by Crippen LogP contribution is 2.24. The summed E-state index contributed by atoms with van der Waals surface area (Å²) in [6.07, 6.45) is 0.876. The summed E-state index contributed by atoms with van der Waals surface area (Å²) in [6, 6.07) is 4.93. The molecule has 0 radical (unpaired) electrons. The molecular weight excluding hydrogens is 202 g/mol. The van der Waals surface area contributed by atoms with Gasteiger partial charge < -0.3 is 15.1 Å². The van der Waals surface area contributed by atoms with Gasteiger partial charge in [-0.2, -0.15) is 0 Å². The third-order valence-electron chi connectivity index (χ3n) is 1.89. The van der Waals surface area contributed by atoms with Gasteiger partial charge in [-0.1, -0.05) is 6.07 Å². The van der Waals surface area contributed by atoms with Crippen molar-refractivity contribution in [2.24, 2.45) is 0 Å². The van der Waals surface area contributed by atoms with E-state index in [-0.39, 0.29) is 23.9 Å². The van der Waals surface area contributed by atoms with E-state index < -0.39 is 0 Å². The SMILES string of the molecule is CN(C)CCc1ccc(O)c(O)c1.Cl. The maximum atomic E-state index is 9.20. The number of benzene rings is 1. The second-order valence-electron chi connectivity index (χ2n) is 3.38. The normalized spacial score (nSPS) is 9.93. The number of hydrogen-bond acceptors (Lipinski definition) is 3. The van der Waals surface area contributed by atoms with E-state index in [0.29, 0.717) is 0 Å². The zero-order chi connectivity index (χ0) is 9.84. The summed E-state index contributed by atoms with van der Waals surface area (Å²) in [4.78, 5) is 2.07. The van der Waals surface area contributed by atoms with Gasteiger partial charge in [-0.15, -0.1) is 12.4 Å². The number of halogens is 1. The highest BCUT2D eigenvalue weighted by Gasteiger charge is 2.00. The van der Waals surface area contributed by atoms with Crippen molar-refractivity contribution in [2.75, 3.05) is 20.6 Å². The molecule has 80 valence electrons. The zero-order valence-electron chi connectivity index (χ0n) is 8.40. The summed E-state index contributed by atoms with van der Waals surface area (Å²) in [6.45, 7) is 0.935. The Labute approximate surface area is 90.4 Å². The molecule has 4 heteroatoms. The number of likely N-dealkylation sites (N-methyl/N-ethyl adjacent to an activating group) is 1. The van der Waals surface area contributed by atoms with Crippen LogP contribution >= 0.6 is 12.4 Å². The average molecular weight is 218 g/mol. The molecule has 0 saturated heterocycles. The van der Waals surface area contributed by atoms with Crippen molar-refractivity contribution >= 4 is 12.4 Å². The Morgan fingerprint density at radius 1 is 1.14 bits per heavy atom. The van der Waals surface area contributed by atoms with E-state index in [4.69, 9.17) is 5.11 Å². The predicted molar refractivity (Wildman–Crippen MR) is 59.3 cm³/mol. The molecule has 1 rings (SSSR count). The second-order valence-corrected chi connectivity index (χ2v) is 3.38. The summed E-state index contributed by atoms with van der Waals surface area (Å²) in [5.41, 5.74) is 1.03. The first-order valence-electron chi connectivity index (χ1n) is 4.25. The molecule has 0 amide bonds. The number of aromatic hydroxyl groups is 2. The van der Waals surface area contributed by atoms with Crippen molar-refractivity contribution in [3.8, 4) is 11.5 Å². The summed E-state index contributed by atoms with van der Waals surface area (Å²) in [5, 5.41) is 18.3. The number of nitrogens with zero attached hydrogens (tertiary/aromatic N) is 1. The fourth-order valence-corrected chi connectivity index (χ4v) is 1.08. The van der Waals surface area contributed by atoms with Gasteiger partial charge in [0, 0.05) is 6.54 Å². The maximum absolute atomic E-state index is 9.20. The summed E-state index contributed by atoms with van der Waals surface area (Å²) in [7, 11) is 4.00. The molecule has 0 aliphatic carbocycles. The molecule has 0 aliphatic rings. The summed E-state index contributed by atoms with van der Waals surface area (Å²) >= 11 is 0. The number of hydrogen-bond donors (Lipinski definition) is 2. The lowest BCUT2D eigenvalue weighted by atomic mass is 10.1. The standard InChI is InChI=1S/C10H15NO2.ClH/c1-11(2)6-5-8-3-4-9(12)10(13)7-8;/h3-4,7,12-13H,5-6H2,1-2H3;1H. The lowest BCUT2D eigenvalue weighted by Crippen LogP contribution is -2.14. The molecule has 0 aromatic heterocycles. The number of phenols is 2. The Hall–Kier alpha value is -0.930. The van der Waals surface area contributed by atoms with E-state index in [2.05, 4.69) is 4.90 Å². The van der Waals surface area contributed by atoms with Crippen LogP contribution in [0, 0.1) is 0 Å². The topological polar surface area (TPSA) is 43.7 Å². The average Bonchev–Trinajstić information content (AvgIpc) is 2.07. The molecule has 0 saturated carbocycles. The third-order valence-corrected chi connectivity index (χ3v) is 1.89. The van der Waals surface area contributed by atoms with E-state index in [9.17, 15) is 5.11 Å². The molecular formula is C10H16ClNO2. The summed E-state index contributed by atoms with van der Waals surface area (Å²) < 4.78 is 0. The zero-order valence-corrected chi connectivity index (χ0v) is 9.21. The number of rotatable bonds is 3. The molecule has 3 nitrogen and oxygen atoms in total. The van der Waals surface area contributed by atoms with E-state index in [1.54, 1.807) is 6.07 Å². The highest BCUT2D eigenvalue weighted by atomic mass is 35.5. The molecule has 14 heavy (non-hydrogen) atoms. The minimum atomic E-state index is -0.0615. The van der Waals surface area contributed by atoms with Crippen LogP contribution in [0.4, 0.5) is 0 Å². The fourth-order valence-electron chi connectivity index (χ4n) is 1.08. The molecule has 0 aliphatic heterocycles. The van der Waals surface area contributed by atoms with Crippen LogP contribution in [0.1, 0.15) is 5.56 Å². The highest BCUT2D eigenvalue weighted by molar-refractivity contribution is 5.85. The van der Waals surface area contributed by atoms with Gasteiger partial charge in [-0.05, 0) is 38.2 Å². The Balaban J connectivity index is 0.00000169. The Morgan fingerprint density at radius 3 is 2.29 bits per heavy atom. The maximum Gasteiger partial charge on any atom is 0.157 e. The minimum absolute atomic E-state index is 0. The van der Waals surface area contributed by atoms with Crippen LogP contribution in [0.25, 0.3) is 0 Å². The van der Waals surface area contributed by atoms with E-state index >= 15 is 0 Å². The van der Waals surface area contributed by atoms with Gasteiger partial charge >= 0.3 is 0 Å². The molecule has 0 bridgehead atoms. The third kappa shape index (κ3) is 3.85. The van der Waals surface area contributed by atoms with Crippen LogP contribution in [0.15, 0.2) is 18.2 Å². The lowest BCUT2D eigenvalue weighted by Gasteiger charge is -2.09. The molecule has 0 fully saturated rings. The van der Waals surface area contributed by atoms with Gasteiger partial charge in [-0.3, -0.25) is 0 Å². The Bertz CT molecular complexity index is 289. The van der Waals surface area contributed by atoms with Gasteiger partial charge in [0.25, 0.3) is 0 Å². The first-order chi connectivity index (χ1) is 6.09. The van der Waals surface area contributed by atoms with Gasteiger partial charge in [0.05, 0.1) is 0 Å². The van der Waals surface area contributed by atoms with Crippen LogP contribution in [-0.4, -0.2) is 35.8 Å². The van der Waals surface area contributed by atoms with Crippen molar-refractivity contribution in [3.63, 3.8) is 0 Å². The summed E-state index contributed by atoms with van der Waals surface area (Å²) in [5.74, 6) is -0.107. The molecule has 0 unspecified atom stereocenters. The lowest BCUT2D eigenvalue weighted by molar-refractivity contribution is 0.399. The van der Waals surface area contributed by atoms with Gasteiger partial charge in [0.1, 0.15) is 0 Å². The van der Waals surface area contributed by atoms with Crippen molar-refractivity contribution in [3.05, 3.63) is 23.8 Å². The smallest absolute Gasteiger partial charge is 0.157 e. The van der Waals surface area contributed by atoms with Crippen molar-refractivity contribution < 1.29 is 10.2 Å². The molecule has 0 heterocycles. The van der Waals surface area contributed by atoms with Gasteiger partial charge in [-0.25, -0.2) is 0 Å². The first kappa shape index (κ1) is 13.1. The van der Waals surface area contributed by atoms with Crippen molar-refractivity contribution in [1.82, 2.24) is 4.90 Å². The molecule has 0 atom stereocenters. The first-order valence-corrected chi connectivity index (χ1v) is 4.25. The van der Waals surface area contributed by atoms with Gasteiger partial charge in [0.2, 0.25) is 0 Å². The van der Waals surface area contributed by atoms with Crippen molar-refractivity contribution in [1.29, 1.82) is 0 Å². The Kier molecular flexibility index (Phi) is 5.35. The largest absolute Gasteiger partial charge is 0.504 e. The molecule has 1 aromatic carbocycles.